The second-order valence-electron chi connectivity index (χ2n) is 15.4. The molecule has 1 aliphatic heterocycles. The summed E-state index contributed by atoms with van der Waals surface area (Å²) >= 11 is 0. The molecule has 0 spiro atoms. The van der Waals surface area contributed by atoms with Crippen molar-refractivity contribution in [3.8, 4) is 0 Å². The Morgan fingerprint density at radius 1 is 0.860 bits per heavy atom. The predicted molar refractivity (Wildman–Crippen MR) is 202 cm³/mol. The highest BCUT2D eigenvalue weighted by Crippen LogP contribution is 2.48. The lowest BCUT2D eigenvalue weighted by atomic mass is 9.65. The van der Waals surface area contributed by atoms with E-state index < -0.39 is 5.60 Å². The fourth-order valence-corrected chi connectivity index (χ4v) is 9.00. The zero-order valence-corrected chi connectivity index (χ0v) is 31.2. The lowest BCUT2D eigenvalue weighted by Gasteiger charge is -2.47. The highest BCUT2D eigenvalue weighted by molar-refractivity contribution is 5.71. The summed E-state index contributed by atoms with van der Waals surface area (Å²) in [7, 11) is 3.71. The number of nitrogens with zero attached hydrogens (tertiary/aromatic N) is 2. The maximum atomic E-state index is 14.1. The van der Waals surface area contributed by atoms with Crippen LogP contribution in [-0.4, -0.2) is 74.9 Å². The van der Waals surface area contributed by atoms with E-state index in [1.54, 1.807) is 12.1 Å². The molecule has 0 saturated carbocycles. The summed E-state index contributed by atoms with van der Waals surface area (Å²) in [6.07, 6.45) is 12.1. The number of halogens is 1. The van der Waals surface area contributed by atoms with Crippen molar-refractivity contribution >= 4 is 5.97 Å². The number of rotatable bonds is 18. The Kier molecular flexibility index (Phi) is 14.1. The molecule has 1 unspecified atom stereocenters. The zero-order chi connectivity index (χ0) is 35.4. The number of hydrogen-bond donors (Lipinski definition) is 0. The van der Waals surface area contributed by atoms with Crippen LogP contribution < -0.4 is 0 Å². The third kappa shape index (κ3) is 9.63. The van der Waals surface area contributed by atoms with Crippen molar-refractivity contribution in [3.63, 3.8) is 0 Å². The van der Waals surface area contributed by atoms with Crippen LogP contribution in [0.2, 0.25) is 0 Å². The van der Waals surface area contributed by atoms with Gasteiger partial charge in [-0.1, -0.05) is 106 Å². The largest absolute Gasteiger partial charge is 0.457 e. The molecule has 1 saturated heterocycles. The van der Waals surface area contributed by atoms with E-state index in [-0.39, 0.29) is 35.6 Å². The minimum Gasteiger partial charge on any atom is -0.457 e. The Hall–Kier alpha value is -3.06. The molecule has 50 heavy (non-hydrogen) atoms. The van der Waals surface area contributed by atoms with Crippen LogP contribution in [0, 0.1) is 11.7 Å². The molecule has 1 aliphatic carbocycles. The Morgan fingerprint density at radius 2 is 1.48 bits per heavy atom. The third-order valence-corrected chi connectivity index (χ3v) is 11.6. The van der Waals surface area contributed by atoms with Gasteiger partial charge in [-0.05, 0) is 112 Å². The molecule has 0 radical (unpaired) electrons. The normalized spacial score (nSPS) is 20.6. The van der Waals surface area contributed by atoms with Gasteiger partial charge >= 0.3 is 5.97 Å². The highest BCUT2D eigenvalue weighted by Gasteiger charge is 2.47. The van der Waals surface area contributed by atoms with Crippen molar-refractivity contribution in [1.29, 1.82) is 0 Å². The first-order chi connectivity index (χ1) is 24.3. The quantitative estimate of drug-likeness (QED) is 0.0988. The van der Waals surface area contributed by atoms with Gasteiger partial charge in [0.15, 0.2) is 0 Å². The lowest BCUT2D eigenvalue weighted by molar-refractivity contribution is -0.172. The lowest BCUT2D eigenvalue weighted by Crippen LogP contribution is -2.49. The summed E-state index contributed by atoms with van der Waals surface area (Å²) < 4.78 is 25.6. The summed E-state index contributed by atoms with van der Waals surface area (Å²) in [5.74, 6) is -0.265. The Morgan fingerprint density at radius 3 is 2.10 bits per heavy atom. The zero-order valence-electron chi connectivity index (χ0n) is 31.2. The van der Waals surface area contributed by atoms with Crippen molar-refractivity contribution in [1.82, 2.24) is 9.80 Å². The maximum Gasteiger partial charge on any atom is 0.332 e. The molecule has 0 aromatic heterocycles. The fourth-order valence-electron chi connectivity index (χ4n) is 9.00. The molecule has 6 heteroatoms. The van der Waals surface area contributed by atoms with Crippen LogP contribution in [-0.2, 0) is 26.1 Å². The first-order valence-electron chi connectivity index (χ1n) is 19.3. The standard InChI is InChI=1S/C44H61FN2O3/c1-35(2)42-40-22-21-39(45)33-36(40)23-24-44(42,50-41(48)34-49-4)27-30-46(3)28-15-7-5-6-8-16-29-47-31-25-43(26-32-47,37-17-11-9-12-18-37)38-19-13-10-14-20-38/h9-14,17-22,33,35,42H,5-8,15-16,23-32,34H2,1-4H3/t42?,44-/m0/s1. The number of carbonyl (C=O) groups excluding carboxylic acids is 1. The summed E-state index contributed by atoms with van der Waals surface area (Å²) in [6.45, 7) is 9.72. The smallest absolute Gasteiger partial charge is 0.332 e. The Balaban J connectivity index is 1.02. The number of fused-ring (bicyclic) bond motifs is 1. The molecule has 5 rings (SSSR count). The molecular formula is C44H61FN2O3. The second-order valence-corrected chi connectivity index (χ2v) is 15.4. The van der Waals surface area contributed by atoms with Crippen LogP contribution in [0.15, 0.2) is 78.9 Å². The van der Waals surface area contributed by atoms with Crippen LogP contribution >= 0.6 is 0 Å². The highest BCUT2D eigenvalue weighted by atomic mass is 19.1. The summed E-state index contributed by atoms with van der Waals surface area (Å²) in [5, 5.41) is 0. The number of likely N-dealkylation sites (tertiary alicyclic amines) is 1. The number of methoxy groups -OCH3 is 1. The number of ether oxygens (including phenoxy) is 2. The predicted octanol–water partition coefficient (Wildman–Crippen LogP) is 9.18. The van der Waals surface area contributed by atoms with Crippen molar-refractivity contribution in [2.75, 3.05) is 53.5 Å². The van der Waals surface area contributed by atoms with Gasteiger partial charge in [-0.3, -0.25) is 0 Å². The van der Waals surface area contributed by atoms with Gasteiger partial charge in [-0.25, -0.2) is 9.18 Å². The van der Waals surface area contributed by atoms with Crippen molar-refractivity contribution in [2.24, 2.45) is 5.92 Å². The number of benzene rings is 3. The molecule has 3 aromatic rings. The molecule has 2 atom stereocenters. The molecule has 3 aromatic carbocycles. The van der Waals surface area contributed by atoms with Crippen molar-refractivity contribution in [2.45, 2.75) is 101 Å². The molecule has 272 valence electrons. The van der Waals surface area contributed by atoms with Crippen molar-refractivity contribution in [3.05, 3.63) is 107 Å². The van der Waals surface area contributed by atoms with Gasteiger partial charge in [0, 0.05) is 31.4 Å². The molecule has 0 amide bonds. The van der Waals surface area contributed by atoms with E-state index in [1.165, 1.54) is 76.1 Å². The van der Waals surface area contributed by atoms with Crippen LogP contribution in [0.5, 0.6) is 0 Å². The van der Waals surface area contributed by atoms with E-state index in [0.717, 1.165) is 43.7 Å². The number of piperidine rings is 1. The van der Waals surface area contributed by atoms with E-state index >= 15 is 0 Å². The Labute approximate surface area is 301 Å². The second kappa shape index (κ2) is 18.4. The van der Waals surface area contributed by atoms with Gasteiger partial charge in [0.2, 0.25) is 0 Å². The average molecular weight is 685 g/mol. The first-order valence-corrected chi connectivity index (χ1v) is 19.3. The van der Waals surface area contributed by atoms with Gasteiger partial charge in [0.1, 0.15) is 18.0 Å². The minimum atomic E-state index is -0.623. The molecule has 1 heterocycles. The topological polar surface area (TPSA) is 42.0 Å². The summed E-state index contributed by atoms with van der Waals surface area (Å²) in [4.78, 5) is 17.9. The van der Waals surface area contributed by atoms with Crippen LogP contribution in [0.25, 0.3) is 0 Å². The summed E-state index contributed by atoms with van der Waals surface area (Å²) in [6, 6.07) is 27.4. The van der Waals surface area contributed by atoms with E-state index in [1.807, 2.05) is 6.07 Å². The van der Waals surface area contributed by atoms with Crippen molar-refractivity contribution < 1.29 is 18.7 Å². The number of esters is 1. The Bertz CT molecular complexity index is 1420. The van der Waals surface area contributed by atoms with Crippen LogP contribution in [0.4, 0.5) is 4.39 Å². The monoisotopic (exact) mass is 684 g/mol. The van der Waals surface area contributed by atoms with Gasteiger partial charge in [0.25, 0.3) is 0 Å². The number of hydrogen-bond acceptors (Lipinski definition) is 5. The molecule has 0 bridgehead atoms. The van der Waals surface area contributed by atoms with Crippen LogP contribution in [0.3, 0.4) is 0 Å². The first kappa shape index (κ1) is 38.2. The maximum absolute atomic E-state index is 14.1. The number of aryl methyl sites for hydroxylation is 1. The van der Waals surface area contributed by atoms with Gasteiger partial charge in [-0.2, -0.15) is 0 Å². The molecule has 0 N–H and O–H groups in total. The minimum absolute atomic E-state index is 0.0151. The number of unbranched alkanes of at least 4 members (excludes halogenated alkanes) is 5. The van der Waals surface area contributed by atoms with Crippen LogP contribution in [0.1, 0.15) is 106 Å². The van der Waals surface area contributed by atoms with Gasteiger partial charge < -0.3 is 19.3 Å². The SMILES string of the molecule is COCC(=O)O[C@]1(CCN(C)CCCCCCCCN2CCC(c3ccccc3)(c3ccccc3)CC2)CCc2cc(F)ccc2C1C(C)C. The third-order valence-electron chi connectivity index (χ3n) is 11.6. The summed E-state index contributed by atoms with van der Waals surface area (Å²) in [5.41, 5.74) is 4.58. The average Bonchev–Trinajstić information content (AvgIpc) is 3.13. The van der Waals surface area contributed by atoms with E-state index in [4.69, 9.17) is 9.47 Å². The van der Waals surface area contributed by atoms with E-state index in [9.17, 15) is 9.18 Å². The van der Waals surface area contributed by atoms with E-state index in [2.05, 4.69) is 91.4 Å². The fraction of sp³-hybridized carbons (Fsp3) is 0.568. The molecule has 2 aliphatic rings. The molecule has 5 nitrogen and oxygen atoms in total. The van der Waals surface area contributed by atoms with E-state index in [0.29, 0.717) is 12.8 Å². The van der Waals surface area contributed by atoms with Gasteiger partial charge in [-0.15, -0.1) is 0 Å². The van der Waals surface area contributed by atoms with Gasteiger partial charge in [0.05, 0.1) is 0 Å². The molecular weight excluding hydrogens is 623 g/mol. The number of carbonyl (C=O) groups is 1. The molecule has 1 fully saturated rings.